The van der Waals surface area contributed by atoms with Crippen molar-refractivity contribution in [3.8, 4) is 17.2 Å². The van der Waals surface area contributed by atoms with Crippen molar-refractivity contribution >= 4 is 17.5 Å². The Hall–Kier alpha value is -4.00. The van der Waals surface area contributed by atoms with E-state index in [1.807, 2.05) is 12.1 Å². The van der Waals surface area contributed by atoms with Gasteiger partial charge in [-0.1, -0.05) is 65.8 Å². The molecule has 3 aromatic carbocycles. The lowest BCUT2D eigenvalue weighted by Crippen LogP contribution is -2.37. The van der Waals surface area contributed by atoms with Crippen molar-refractivity contribution in [1.29, 1.82) is 0 Å². The maximum atomic E-state index is 13.4. The second kappa shape index (κ2) is 12.5. The van der Waals surface area contributed by atoms with E-state index in [1.165, 1.54) is 0 Å². The fourth-order valence-electron chi connectivity index (χ4n) is 4.46. The summed E-state index contributed by atoms with van der Waals surface area (Å²) >= 11 is 0. The quantitative estimate of drug-likeness (QED) is 0.287. The molecule has 0 saturated carbocycles. The summed E-state index contributed by atoms with van der Waals surface area (Å²) in [6.45, 7) is 12.4. The molecule has 7 nitrogen and oxygen atoms in total. The Kier molecular flexibility index (Phi) is 9.51. The number of rotatable bonds is 9. The molecule has 0 fully saturated rings. The van der Waals surface area contributed by atoms with E-state index in [2.05, 4.69) is 52.2 Å². The first-order chi connectivity index (χ1) is 18.7. The van der Waals surface area contributed by atoms with Crippen LogP contribution >= 0.6 is 0 Å². The Labute approximate surface area is 237 Å². The summed E-state index contributed by atoms with van der Waals surface area (Å²) in [5.74, 6) is 1.02. The lowest BCUT2D eigenvalue weighted by atomic mass is 9.78. The summed E-state index contributed by atoms with van der Waals surface area (Å²) in [6.07, 6.45) is 0.647. The van der Waals surface area contributed by atoms with Crippen molar-refractivity contribution in [2.75, 3.05) is 19.5 Å². The molecule has 3 aromatic rings. The maximum Gasteiger partial charge on any atom is 0.251 e. The van der Waals surface area contributed by atoms with Crippen LogP contribution in [0.2, 0.25) is 0 Å². The molecule has 0 aliphatic heterocycles. The van der Waals surface area contributed by atoms with E-state index >= 15 is 0 Å². The Morgan fingerprint density at radius 3 is 1.73 bits per heavy atom. The highest BCUT2D eigenvalue weighted by molar-refractivity contribution is 5.98. The Balaban J connectivity index is 1.82. The molecule has 0 aliphatic carbocycles. The highest BCUT2D eigenvalue weighted by atomic mass is 16.5. The van der Waals surface area contributed by atoms with E-state index in [4.69, 9.17) is 9.47 Å². The number of nitrogens with one attached hydrogen (secondary N) is 2. The molecule has 214 valence electrons. The van der Waals surface area contributed by atoms with E-state index in [9.17, 15) is 14.7 Å². The van der Waals surface area contributed by atoms with Crippen molar-refractivity contribution in [1.82, 2.24) is 5.32 Å². The summed E-state index contributed by atoms with van der Waals surface area (Å²) in [5.41, 5.74) is 3.37. The number of anilines is 1. The van der Waals surface area contributed by atoms with Gasteiger partial charge in [-0.25, -0.2) is 0 Å². The van der Waals surface area contributed by atoms with Gasteiger partial charge in [-0.3, -0.25) is 9.59 Å². The third-order valence-electron chi connectivity index (χ3n) is 6.80. The van der Waals surface area contributed by atoms with Crippen LogP contribution in [0.4, 0.5) is 5.69 Å². The summed E-state index contributed by atoms with van der Waals surface area (Å²) in [4.78, 5) is 26.6. The summed E-state index contributed by atoms with van der Waals surface area (Å²) in [5, 5.41) is 16.8. The molecule has 0 saturated heterocycles. The molecule has 3 rings (SSSR count). The van der Waals surface area contributed by atoms with Gasteiger partial charge in [-0.05, 0) is 75.9 Å². The average molecular weight is 547 g/mol. The molecule has 0 aromatic heterocycles. The van der Waals surface area contributed by atoms with Gasteiger partial charge in [0.05, 0.1) is 14.2 Å². The number of hydrogen-bond donors (Lipinski definition) is 3. The number of amides is 2. The van der Waals surface area contributed by atoms with Crippen LogP contribution in [0.5, 0.6) is 17.2 Å². The lowest BCUT2D eigenvalue weighted by molar-refractivity contribution is -0.126. The Morgan fingerprint density at radius 2 is 1.27 bits per heavy atom. The van der Waals surface area contributed by atoms with Crippen LogP contribution in [0.1, 0.15) is 76.3 Å². The topological polar surface area (TPSA) is 96.9 Å². The molecule has 0 heterocycles. The molecule has 1 atom stereocenters. The smallest absolute Gasteiger partial charge is 0.251 e. The number of methoxy groups -OCH3 is 2. The molecule has 3 N–H and O–H groups in total. The number of carbonyl (C=O) groups is 2. The lowest BCUT2D eigenvalue weighted by Gasteiger charge is -2.28. The molecule has 1 unspecified atom stereocenters. The molecular weight excluding hydrogens is 504 g/mol. The minimum Gasteiger partial charge on any atom is -0.507 e. The number of phenolic OH excluding ortho intramolecular Hbond substituents is 1. The highest BCUT2D eigenvalue weighted by Gasteiger charge is 2.27. The van der Waals surface area contributed by atoms with Crippen LogP contribution in [-0.4, -0.2) is 31.1 Å². The molecule has 40 heavy (non-hydrogen) atoms. The number of aromatic hydroxyl groups is 1. The van der Waals surface area contributed by atoms with Gasteiger partial charge in [-0.15, -0.1) is 0 Å². The van der Waals surface area contributed by atoms with Gasteiger partial charge in [0.15, 0.2) is 0 Å². The highest BCUT2D eigenvalue weighted by Crippen LogP contribution is 2.40. The van der Waals surface area contributed by atoms with E-state index < -0.39 is 6.04 Å². The molecule has 2 amide bonds. The van der Waals surface area contributed by atoms with E-state index in [0.717, 1.165) is 16.7 Å². The monoisotopic (exact) mass is 546 g/mol. The molecular formula is C33H42N2O5. The predicted molar refractivity (Wildman–Crippen MR) is 159 cm³/mol. The number of carbonyl (C=O) groups excluding carboxylic acids is 2. The fourth-order valence-corrected chi connectivity index (χ4v) is 4.46. The Morgan fingerprint density at radius 1 is 0.800 bits per heavy atom. The fraction of sp³-hybridized carbons (Fsp3) is 0.394. The van der Waals surface area contributed by atoms with Crippen molar-refractivity contribution < 1.29 is 24.2 Å². The van der Waals surface area contributed by atoms with Crippen LogP contribution in [0, 0.1) is 0 Å². The normalized spacial score (nSPS) is 12.4. The third-order valence-corrected chi connectivity index (χ3v) is 6.80. The number of aryl methyl sites for hydroxylation is 1. The number of phenols is 1. The largest absolute Gasteiger partial charge is 0.507 e. The number of benzene rings is 3. The van der Waals surface area contributed by atoms with Gasteiger partial charge in [0.25, 0.3) is 5.91 Å². The van der Waals surface area contributed by atoms with Crippen LogP contribution < -0.4 is 20.1 Å². The Bertz CT molecular complexity index is 1280. The first-order valence-corrected chi connectivity index (χ1v) is 13.5. The molecule has 0 spiro atoms. The van der Waals surface area contributed by atoms with Crippen molar-refractivity contribution in [3.05, 3.63) is 82.9 Å². The van der Waals surface area contributed by atoms with E-state index in [-0.39, 0.29) is 29.1 Å². The average Bonchev–Trinajstić information content (AvgIpc) is 2.90. The third kappa shape index (κ3) is 7.78. The molecule has 0 bridgehead atoms. The zero-order chi connectivity index (χ0) is 29.7. The first kappa shape index (κ1) is 30.5. The van der Waals surface area contributed by atoms with Crippen molar-refractivity contribution in [2.45, 2.75) is 71.3 Å². The zero-order valence-corrected chi connectivity index (χ0v) is 24.8. The second-order valence-corrected chi connectivity index (χ2v) is 12.0. The summed E-state index contributed by atoms with van der Waals surface area (Å²) in [6, 6.07) is 17.1. The molecule has 7 heteroatoms. The number of hydrogen-bond acceptors (Lipinski definition) is 5. The molecule has 0 radical (unpaired) electrons. The summed E-state index contributed by atoms with van der Waals surface area (Å²) in [7, 11) is 3.15. The zero-order valence-electron chi connectivity index (χ0n) is 24.8. The molecule has 0 aliphatic rings. The van der Waals surface area contributed by atoms with Crippen LogP contribution in [-0.2, 0) is 26.8 Å². The van der Waals surface area contributed by atoms with E-state index in [0.29, 0.717) is 34.9 Å². The van der Waals surface area contributed by atoms with Crippen LogP contribution in [0.25, 0.3) is 0 Å². The SMILES string of the molecule is COc1ccc(NC(=O)C(NC(=O)CCc2cc(C(C)(C)C)c(O)c(C(C)(C)C)c2)c2ccc(OC)cc2)cc1. The predicted octanol–water partition coefficient (Wildman–Crippen LogP) is 6.43. The van der Waals surface area contributed by atoms with Gasteiger partial charge in [0.2, 0.25) is 5.91 Å². The summed E-state index contributed by atoms with van der Waals surface area (Å²) < 4.78 is 10.4. The minimum absolute atomic E-state index is 0.181. The van der Waals surface area contributed by atoms with Gasteiger partial charge in [0.1, 0.15) is 23.3 Å². The van der Waals surface area contributed by atoms with E-state index in [1.54, 1.807) is 62.8 Å². The van der Waals surface area contributed by atoms with Gasteiger partial charge < -0.3 is 25.2 Å². The number of ether oxygens (including phenoxy) is 2. The van der Waals surface area contributed by atoms with Gasteiger partial charge in [-0.2, -0.15) is 0 Å². The van der Waals surface area contributed by atoms with Gasteiger partial charge >= 0.3 is 0 Å². The van der Waals surface area contributed by atoms with Crippen LogP contribution in [0.3, 0.4) is 0 Å². The van der Waals surface area contributed by atoms with Crippen molar-refractivity contribution in [2.24, 2.45) is 0 Å². The van der Waals surface area contributed by atoms with Crippen molar-refractivity contribution in [3.63, 3.8) is 0 Å². The minimum atomic E-state index is -0.907. The first-order valence-electron chi connectivity index (χ1n) is 13.5. The maximum absolute atomic E-state index is 13.4. The standard InChI is InChI=1S/C33H42N2O5/c1-32(2,3)26-19-21(20-27(30(26)37)33(4,5)6)9-18-28(36)35-29(22-10-14-24(39-7)15-11-22)31(38)34-23-12-16-25(40-8)17-13-23/h10-17,19-20,29,37H,9,18H2,1-8H3,(H,34,38)(H,35,36). The van der Waals surface area contributed by atoms with Crippen LogP contribution in [0.15, 0.2) is 60.7 Å². The van der Waals surface area contributed by atoms with Gasteiger partial charge in [0, 0.05) is 12.1 Å². The second-order valence-electron chi connectivity index (χ2n) is 12.0.